The Bertz CT molecular complexity index is 195. The molecule has 46 valence electrons. The van der Waals surface area contributed by atoms with Gasteiger partial charge in [-0.05, 0) is 6.07 Å². The number of pyridine rings is 1. The summed E-state index contributed by atoms with van der Waals surface area (Å²) in [5.41, 5.74) is 3.79. The number of rotatable bonds is 1. The molecule has 2 rings (SSSR count). The van der Waals surface area contributed by atoms with E-state index in [0.29, 0.717) is 0 Å². The molecule has 0 radical (unpaired) electrons. The molecule has 0 saturated carbocycles. The highest BCUT2D eigenvalue weighted by atomic mass is 16.8. The van der Waals surface area contributed by atoms with Gasteiger partial charge in [-0.3, -0.25) is 9.82 Å². The molecular weight excluding hydrogens is 116 g/mol. The van der Waals surface area contributed by atoms with E-state index in [1.807, 2.05) is 12.1 Å². The minimum Gasteiger partial charge on any atom is -0.273 e. The predicted molar refractivity (Wildman–Crippen MR) is 31.2 cm³/mol. The second-order valence-corrected chi connectivity index (χ2v) is 1.90. The fourth-order valence-electron chi connectivity index (χ4n) is 0.701. The van der Waals surface area contributed by atoms with Crippen molar-refractivity contribution in [2.45, 2.75) is 6.23 Å². The molecule has 0 aliphatic carbocycles. The molecule has 0 aromatic carbocycles. The molecule has 1 aliphatic heterocycles. The van der Waals surface area contributed by atoms with Crippen molar-refractivity contribution in [2.75, 3.05) is 0 Å². The van der Waals surface area contributed by atoms with Crippen molar-refractivity contribution in [1.82, 2.24) is 10.5 Å². The van der Waals surface area contributed by atoms with Crippen LogP contribution in [0.5, 0.6) is 0 Å². The van der Waals surface area contributed by atoms with E-state index in [9.17, 15) is 0 Å². The first-order valence-electron chi connectivity index (χ1n) is 2.78. The Morgan fingerprint density at radius 3 is 3.11 bits per heavy atom. The lowest BCUT2D eigenvalue weighted by molar-refractivity contribution is 0.374. The van der Waals surface area contributed by atoms with Gasteiger partial charge in [-0.2, -0.15) is 5.48 Å². The molecular formula is C6H6N2O. The molecule has 1 aromatic heterocycles. The van der Waals surface area contributed by atoms with Crippen LogP contribution < -0.4 is 5.48 Å². The molecule has 1 saturated heterocycles. The lowest BCUT2D eigenvalue weighted by Crippen LogP contribution is -1.82. The summed E-state index contributed by atoms with van der Waals surface area (Å²) in [7, 11) is 0. The van der Waals surface area contributed by atoms with Gasteiger partial charge in [0.15, 0.2) is 6.23 Å². The van der Waals surface area contributed by atoms with Gasteiger partial charge in [-0.25, -0.2) is 0 Å². The molecule has 1 atom stereocenters. The lowest BCUT2D eigenvalue weighted by Gasteiger charge is -1.87. The summed E-state index contributed by atoms with van der Waals surface area (Å²) >= 11 is 0. The first-order valence-corrected chi connectivity index (χ1v) is 2.78. The van der Waals surface area contributed by atoms with E-state index in [1.54, 1.807) is 12.4 Å². The molecule has 3 nitrogen and oxygen atoms in total. The third-order valence-electron chi connectivity index (χ3n) is 1.22. The first kappa shape index (κ1) is 4.90. The van der Waals surface area contributed by atoms with Gasteiger partial charge in [-0.1, -0.05) is 6.07 Å². The Morgan fingerprint density at radius 2 is 2.56 bits per heavy atom. The second kappa shape index (κ2) is 1.79. The highest BCUT2D eigenvalue weighted by molar-refractivity contribution is 5.12. The summed E-state index contributed by atoms with van der Waals surface area (Å²) in [6.45, 7) is 0. The molecule has 1 aromatic rings. The molecule has 0 amide bonds. The molecule has 9 heavy (non-hydrogen) atoms. The van der Waals surface area contributed by atoms with Crippen molar-refractivity contribution < 1.29 is 4.84 Å². The van der Waals surface area contributed by atoms with Crippen LogP contribution in [0.1, 0.15) is 11.8 Å². The average Bonchev–Trinajstić information content (AvgIpc) is 2.71. The first-order chi connectivity index (χ1) is 4.47. The van der Waals surface area contributed by atoms with E-state index in [1.165, 1.54) is 0 Å². The quantitative estimate of drug-likeness (QED) is 0.555. The van der Waals surface area contributed by atoms with Gasteiger partial charge in [0.1, 0.15) is 0 Å². The topological polar surface area (TPSA) is 47.4 Å². The largest absolute Gasteiger partial charge is 0.273 e. The van der Waals surface area contributed by atoms with Crippen LogP contribution in [0.25, 0.3) is 0 Å². The molecule has 3 heteroatoms. The van der Waals surface area contributed by atoms with Gasteiger partial charge >= 0.3 is 0 Å². The SMILES string of the molecule is c1cncc(C2NO2)c1. The molecule has 2 heterocycles. The van der Waals surface area contributed by atoms with Crippen LogP contribution >= 0.6 is 0 Å². The summed E-state index contributed by atoms with van der Waals surface area (Å²) in [6, 6.07) is 3.86. The summed E-state index contributed by atoms with van der Waals surface area (Å²) < 4.78 is 0. The Balaban J connectivity index is 2.29. The molecule has 1 N–H and O–H groups in total. The number of hydrogen-bond acceptors (Lipinski definition) is 3. The van der Waals surface area contributed by atoms with E-state index in [-0.39, 0.29) is 6.23 Å². The van der Waals surface area contributed by atoms with Gasteiger partial charge in [0.05, 0.1) is 0 Å². The van der Waals surface area contributed by atoms with E-state index in [0.717, 1.165) is 5.56 Å². The van der Waals surface area contributed by atoms with Crippen molar-refractivity contribution in [1.29, 1.82) is 0 Å². The highest BCUT2D eigenvalue weighted by Gasteiger charge is 2.23. The van der Waals surface area contributed by atoms with Crippen molar-refractivity contribution in [3.8, 4) is 0 Å². The molecule has 1 aliphatic rings. The average molecular weight is 122 g/mol. The predicted octanol–water partition coefficient (Wildman–Crippen LogP) is 0.615. The number of hydrogen-bond donors (Lipinski definition) is 1. The summed E-state index contributed by atoms with van der Waals surface area (Å²) in [4.78, 5) is 8.73. The van der Waals surface area contributed by atoms with Crippen LogP contribution in [0.15, 0.2) is 24.5 Å². The minimum absolute atomic E-state index is 0.0960. The van der Waals surface area contributed by atoms with Crippen molar-refractivity contribution in [3.05, 3.63) is 30.1 Å². The van der Waals surface area contributed by atoms with Gasteiger partial charge in [-0.15, -0.1) is 0 Å². The highest BCUT2D eigenvalue weighted by Crippen LogP contribution is 2.21. The number of nitrogens with one attached hydrogen (secondary N) is 1. The van der Waals surface area contributed by atoms with Crippen LogP contribution in [0, 0.1) is 0 Å². The Labute approximate surface area is 52.6 Å². The monoisotopic (exact) mass is 122 g/mol. The fourth-order valence-corrected chi connectivity index (χ4v) is 0.701. The van der Waals surface area contributed by atoms with Crippen molar-refractivity contribution >= 4 is 0 Å². The van der Waals surface area contributed by atoms with Gasteiger partial charge in [0, 0.05) is 18.0 Å². The number of nitrogens with zero attached hydrogens (tertiary/aromatic N) is 1. The van der Waals surface area contributed by atoms with E-state index < -0.39 is 0 Å². The van der Waals surface area contributed by atoms with Crippen LogP contribution in [0.3, 0.4) is 0 Å². The third-order valence-corrected chi connectivity index (χ3v) is 1.22. The van der Waals surface area contributed by atoms with E-state index >= 15 is 0 Å². The standard InChI is InChI=1S/C6H6N2O/c1-2-5(4-7-3-1)6-8-9-6/h1-4,6,8H. The van der Waals surface area contributed by atoms with Gasteiger partial charge in [0.2, 0.25) is 0 Å². The fraction of sp³-hybridized carbons (Fsp3) is 0.167. The minimum atomic E-state index is 0.0960. The molecule has 1 fully saturated rings. The third kappa shape index (κ3) is 0.918. The van der Waals surface area contributed by atoms with Crippen molar-refractivity contribution in [2.24, 2.45) is 0 Å². The normalized spacial score (nSPS) is 23.8. The maximum absolute atomic E-state index is 4.80. The maximum Gasteiger partial charge on any atom is 0.178 e. The number of hydroxylamine groups is 1. The summed E-state index contributed by atoms with van der Waals surface area (Å²) in [5, 5.41) is 0. The molecule has 0 spiro atoms. The zero-order valence-electron chi connectivity index (χ0n) is 4.74. The van der Waals surface area contributed by atoms with Crippen LogP contribution in [0.2, 0.25) is 0 Å². The van der Waals surface area contributed by atoms with E-state index in [4.69, 9.17) is 4.84 Å². The molecule has 0 bridgehead atoms. The number of aromatic nitrogens is 1. The zero-order valence-corrected chi connectivity index (χ0v) is 4.74. The Hall–Kier alpha value is -0.930. The Kier molecular flexibility index (Phi) is 0.974. The van der Waals surface area contributed by atoms with Crippen LogP contribution in [-0.4, -0.2) is 4.98 Å². The van der Waals surface area contributed by atoms with Crippen LogP contribution in [-0.2, 0) is 4.84 Å². The molecule has 1 unspecified atom stereocenters. The summed E-state index contributed by atoms with van der Waals surface area (Å²) in [5.74, 6) is 0. The second-order valence-electron chi connectivity index (χ2n) is 1.90. The Morgan fingerprint density at radius 1 is 1.67 bits per heavy atom. The lowest BCUT2D eigenvalue weighted by atomic mass is 10.3. The smallest absolute Gasteiger partial charge is 0.178 e. The summed E-state index contributed by atoms with van der Waals surface area (Å²) in [6.07, 6.45) is 3.62. The van der Waals surface area contributed by atoms with Gasteiger partial charge in [0.25, 0.3) is 0 Å². The zero-order chi connectivity index (χ0) is 6.10. The van der Waals surface area contributed by atoms with Crippen LogP contribution in [0.4, 0.5) is 0 Å². The van der Waals surface area contributed by atoms with E-state index in [2.05, 4.69) is 10.5 Å². The van der Waals surface area contributed by atoms with Crippen molar-refractivity contribution in [3.63, 3.8) is 0 Å². The maximum atomic E-state index is 4.80. The van der Waals surface area contributed by atoms with Gasteiger partial charge < -0.3 is 0 Å².